The van der Waals surface area contributed by atoms with Crippen LogP contribution in [-0.2, 0) is 19.9 Å². The third-order valence-electron chi connectivity index (χ3n) is 5.77. The Hall–Kier alpha value is -2.26. The Kier molecular flexibility index (Phi) is 6.30. The molecule has 1 fully saturated rings. The summed E-state index contributed by atoms with van der Waals surface area (Å²) in [6.07, 6.45) is -0.482. The van der Waals surface area contributed by atoms with Crippen LogP contribution in [0.2, 0.25) is 0 Å². The van der Waals surface area contributed by atoms with Gasteiger partial charge in [0.15, 0.2) is 5.54 Å². The molecule has 2 aliphatic rings. The van der Waals surface area contributed by atoms with Gasteiger partial charge in [0.2, 0.25) is 11.8 Å². The standard InChI is InChI=1S/C22H29BrN4O4/c1-12(28)24-17(21(2,3)4)19(30)27-11-15(29)10-16(27)18-25-20(31)22(5,26-18)13-6-8-14(23)9-7-13/h6-9,15-17,29H,10-11H2,1-5H3,(H,24,28)(H,25,26,31)/t15-,16+,17?,22+/m1/s1. The molecule has 31 heavy (non-hydrogen) atoms. The number of hydrogen-bond acceptors (Lipinski definition) is 5. The molecular formula is C22H29BrN4O4. The molecule has 9 heteroatoms. The largest absolute Gasteiger partial charge is 0.391 e. The van der Waals surface area contributed by atoms with Gasteiger partial charge in [-0.25, -0.2) is 4.99 Å². The highest BCUT2D eigenvalue weighted by molar-refractivity contribution is 9.10. The fourth-order valence-corrected chi connectivity index (χ4v) is 4.28. The summed E-state index contributed by atoms with van der Waals surface area (Å²) >= 11 is 3.39. The minimum atomic E-state index is -1.13. The number of halogens is 1. The van der Waals surface area contributed by atoms with Gasteiger partial charge in [-0.3, -0.25) is 14.4 Å². The Labute approximate surface area is 190 Å². The van der Waals surface area contributed by atoms with Crippen molar-refractivity contribution in [1.29, 1.82) is 0 Å². The van der Waals surface area contributed by atoms with Crippen molar-refractivity contribution in [3.63, 3.8) is 0 Å². The number of benzene rings is 1. The van der Waals surface area contributed by atoms with E-state index in [4.69, 9.17) is 0 Å². The molecule has 8 nitrogen and oxygen atoms in total. The first kappa shape index (κ1) is 23.4. The van der Waals surface area contributed by atoms with Crippen LogP contribution in [0.15, 0.2) is 33.7 Å². The number of hydrogen-bond donors (Lipinski definition) is 3. The molecule has 1 saturated heterocycles. The number of aliphatic hydroxyl groups excluding tert-OH is 1. The fourth-order valence-electron chi connectivity index (χ4n) is 4.02. The van der Waals surface area contributed by atoms with Crippen molar-refractivity contribution in [2.45, 2.75) is 64.8 Å². The average molecular weight is 493 g/mol. The number of aliphatic imine (C=N–C) groups is 1. The summed E-state index contributed by atoms with van der Waals surface area (Å²) in [6, 6.07) is 6.00. The second kappa shape index (κ2) is 8.35. The Morgan fingerprint density at radius 3 is 2.48 bits per heavy atom. The Bertz CT molecular complexity index is 924. The van der Waals surface area contributed by atoms with Crippen LogP contribution in [0.4, 0.5) is 0 Å². The zero-order valence-electron chi connectivity index (χ0n) is 18.4. The molecule has 2 aliphatic heterocycles. The third kappa shape index (κ3) is 4.67. The topological polar surface area (TPSA) is 111 Å². The second-order valence-electron chi connectivity index (χ2n) is 9.43. The number of likely N-dealkylation sites (tertiary alicyclic amines) is 1. The molecule has 1 aromatic carbocycles. The lowest BCUT2D eigenvalue weighted by Gasteiger charge is -2.35. The van der Waals surface area contributed by atoms with E-state index in [0.29, 0.717) is 5.84 Å². The Morgan fingerprint density at radius 2 is 1.94 bits per heavy atom. The van der Waals surface area contributed by atoms with Crippen LogP contribution in [0.1, 0.15) is 46.6 Å². The third-order valence-corrected chi connectivity index (χ3v) is 6.30. The summed E-state index contributed by atoms with van der Waals surface area (Å²) in [6.45, 7) is 8.81. The number of aliphatic hydroxyl groups is 1. The van der Waals surface area contributed by atoms with E-state index in [1.807, 2.05) is 45.0 Å². The van der Waals surface area contributed by atoms with Crippen LogP contribution in [-0.4, -0.2) is 58.3 Å². The van der Waals surface area contributed by atoms with Crippen LogP contribution in [0.3, 0.4) is 0 Å². The Balaban J connectivity index is 1.93. The van der Waals surface area contributed by atoms with Crippen molar-refractivity contribution in [3.8, 4) is 0 Å². The molecule has 1 unspecified atom stereocenters. The molecule has 0 radical (unpaired) electrons. The number of nitrogens with one attached hydrogen (secondary N) is 2. The monoisotopic (exact) mass is 492 g/mol. The van der Waals surface area contributed by atoms with E-state index in [1.165, 1.54) is 11.8 Å². The zero-order valence-corrected chi connectivity index (χ0v) is 20.0. The first-order chi connectivity index (χ1) is 14.3. The molecule has 4 atom stereocenters. The highest BCUT2D eigenvalue weighted by Crippen LogP contribution is 2.33. The molecule has 3 rings (SSSR count). The minimum absolute atomic E-state index is 0.111. The Morgan fingerprint density at radius 1 is 1.32 bits per heavy atom. The van der Waals surface area contributed by atoms with E-state index in [0.717, 1.165) is 10.0 Å². The van der Waals surface area contributed by atoms with Crippen molar-refractivity contribution in [1.82, 2.24) is 15.5 Å². The lowest BCUT2D eigenvalue weighted by atomic mass is 9.85. The fraction of sp³-hybridized carbons (Fsp3) is 0.545. The molecule has 2 heterocycles. The predicted octanol–water partition coefficient (Wildman–Crippen LogP) is 1.71. The lowest BCUT2D eigenvalue weighted by molar-refractivity contribution is -0.139. The molecule has 3 N–H and O–H groups in total. The van der Waals surface area contributed by atoms with Crippen molar-refractivity contribution in [2.24, 2.45) is 10.4 Å². The van der Waals surface area contributed by atoms with Gasteiger partial charge in [-0.2, -0.15) is 0 Å². The van der Waals surface area contributed by atoms with Gasteiger partial charge in [0, 0.05) is 24.4 Å². The summed E-state index contributed by atoms with van der Waals surface area (Å²) in [5.74, 6) is -0.541. The molecule has 0 aliphatic carbocycles. The van der Waals surface area contributed by atoms with E-state index in [1.54, 1.807) is 6.92 Å². The van der Waals surface area contributed by atoms with E-state index in [2.05, 4.69) is 31.6 Å². The predicted molar refractivity (Wildman–Crippen MR) is 120 cm³/mol. The van der Waals surface area contributed by atoms with Crippen molar-refractivity contribution in [3.05, 3.63) is 34.3 Å². The van der Waals surface area contributed by atoms with Crippen LogP contribution < -0.4 is 10.6 Å². The smallest absolute Gasteiger partial charge is 0.257 e. The number of rotatable bonds is 4. The van der Waals surface area contributed by atoms with Gasteiger partial charge in [-0.15, -0.1) is 0 Å². The average Bonchev–Trinajstić information content (AvgIpc) is 3.19. The van der Waals surface area contributed by atoms with E-state index in [-0.39, 0.29) is 30.7 Å². The van der Waals surface area contributed by atoms with Gasteiger partial charge < -0.3 is 20.6 Å². The summed E-state index contributed by atoms with van der Waals surface area (Å²) in [4.78, 5) is 44.2. The van der Waals surface area contributed by atoms with Gasteiger partial charge in [-0.1, -0.05) is 48.8 Å². The SMILES string of the molecule is CC(=O)NC(C(=O)N1C[C@H](O)C[C@H]1C1=N[C@@](C)(c2ccc(Br)cc2)C(=O)N1)C(C)(C)C. The number of β-amino-alcohol motifs (C(OH)–C–C–N with tert-alkyl or cyclic N) is 1. The van der Waals surface area contributed by atoms with E-state index >= 15 is 0 Å². The van der Waals surface area contributed by atoms with Gasteiger partial charge in [-0.05, 0) is 30.0 Å². The first-order valence-electron chi connectivity index (χ1n) is 10.3. The summed E-state index contributed by atoms with van der Waals surface area (Å²) in [5.41, 5.74) is -0.933. The van der Waals surface area contributed by atoms with Gasteiger partial charge in [0.25, 0.3) is 5.91 Å². The van der Waals surface area contributed by atoms with Crippen LogP contribution >= 0.6 is 15.9 Å². The van der Waals surface area contributed by atoms with E-state index < -0.39 is 29.1 Å². The van der Waals surface area contributed by atoms with Crippen LogP contribution in [0.25, 0.3) is 0 Å². The minimum Gasteiger partial charge on any atom is -0.391 e. The molecule has 3 amide bonds. The van der Waals surface area contributed by atoms with Gasteiger partial charge in [0.1, 0.15) is 11.9 Å². The number of nitrogens with zero attached hydrogens (tertiary/aromatic N) is 2. The molecule has 0 bridgehead atoms. The quantitative estimate of drug-likeness (QED) is 0.593. The number of amides is 3. The molecule has 168 valence electrons. The molecule has 0 saturated carbocycles. The number of carbonyl (C=O) groups is 3. The van der Waals surface area contributed by atoms with E-state index in [9.17, 15) is 19.5 Å². The maximum atomic E-state index is 13.4. The van der Waals surface area contributed by atoms with Gasteiger partial charge in [0.05, 0.1) is 12.1 Å². The van der Waals surface area contributed by atoms with Crippen LogP contribution in [0, 0.1) is 5.41 Å². The maximum Gasteiger partial charge on any atom is 0.257 e. The maximum absolute atomic E-state index is 13.4. The summed E-state index contributed by atoms with van der Waals surface area (Å²) in [5, 5.41) is 15.9. The summed E-state index contributed by atoms with van der Waals surface area (Å²) in [7, 11) is 0. The van der Waals surface area contributed by atoms with Crippen molar-refractivity contribution in [2.75, 3.05) is 6.54 Å². The molecule has 1 aromatic rings. The number of carbonyl (C=O) groups excluding carboxylic acids is 3. The van der Waals surface area contributed by atoms with Crippen LogP contribution in [0.5, 0.6) is 0 Å². The highest BCUT2D eigenvalue weighted by Gasteiger charge is 2.48. The van der Waals surface area contributed by atoms with Gasteiger partial charge >= 0.3 is 0 Å². The zero-order chi connectivity index (χ0) is 23.1. The molecule has 0 spiro atoms. The summed E-state index contributed by atoms with van der Waals surface area (Å²) < 4.78 is 0.893. The molecule has 0 aromatic heterocycles. The number of amidine groups is 1. The molecular weight excluding hydrogens is 464 g/mol. The first-order valence-corrected chi connectivity index (χ1v) is 11.0. The van der Waals surface area contributed by atoms with Crippen molar-refractivity contribution >= 4 is 39.5 Å². The highest BCUT2D eigenvalue weighted by atomic mass is 79.9. The second-order valence-corrected chi connectivity index (χ2v) is 10.3. The van der Waals surface area contributed by atoms with Crippen molar-refractivity contribution < 1.29 is 19.5 Å². The normalized spacial score (nSPS) is 27.0. The lowest BCUT2D eigenvalue weighted by Crippen LogP contribution is -2.57.